The quantitative estimate of drug-likeness (QED) is 0.257. The van der Waals surface area contributed by atoms with Crippen molar-refractivity contribution in [2.45, 2.75) is 32.6 Å². The molecule has 0 unspecified atom stereocenters. The zero-order valence-corrected chi connectivity index (χ0v) is 27.0. The van der Waals surface area contributed by atoms with E-state index in [0.29, 0.717) is 24.4 Å². The van der Waals surface area contributed by atoms with E-state index in [2.05, 4.69) is 14.8 Å². The first-order chi connectivity index (χ1) is 20.4. The van der Waals surface area contributed by atoms with Crippen LogP contribution in [0.2, 0.25) is 0 Å². The summed E-state index contributed by atoms with van der Waals surface area (Å²) in [7, 11) is 1.61. The lowest BCUT2D eigenvalue weighted by atomic mass is 10.1. The van der Waals surface area contributed by atoms with Gasteiger partial charge in [-0.1, -0.05) is 0 Å². The smallest absolute Gasteiger partial charge is 0.338 e. The Balaban J connectivity index is 0.00000264. The van der Waals surface area contributed by atoms with Crippen molar-refractivity contribution in [2.24, 2.45) is 0 Å². The summed E-state index contributed by atoms with van der Waals surface area (Å²) in [6.07, 6.45) is 3.54. The summed E-state index contributed by atoms with van der Waals surface area (Å²) in [5.41, 5.74) is 3.09. The molecule has 2 aliphatic heterocycles. The number of ether oxygens (including phenoxy) is 3. The van der Waals surface area contributed by atoms with Gasteiger partial charge in [-0.15, -0.1) is 24.8 Å². The molecule has 0 spiro atoms. The minimum Gasteiger partial charge on any atom is -0.497 e. The van der Waals surface area contributed by atoms with Crippen LogP contribution in [-0.2, 0) is 20.7 Å². The molecule has 1 N–H and O–H groups in total. The summed E-state index contributed by atoms with van der Waals surface area (Å²) in [6.45, 7) is 8.49. The second kappa shape index (κ2) is 16.7. The number of aromatic amines is 1. The van der Waals surface area contributed by atoms with E-state index in [1.54, 1.807) is 31.4 Å². The maximum atomic E-state index is 12.7. The number of nitrogens with zero attached hydrogens (tertiary/aromatic N) is 3. The number of methoxy groups -OCH3 is 1. The molecule has 0 atom stereocenters. The summed E-state index contributed by atoms with van der Waals surface area (Å²) in [5, 5.41) is 0.923. The summed E-state index contributed by atoms with van der Waals surface area (Å²) in [5.74, 6) is 0.513. The Hall–Kier alpha value is -3.31. The van der Waals surface area contributed by atoms with Crippen LogP contribution < -0.4 is 9.47 Å². The number of H-pyrrole nitrogens is 1. The van der Waals surface area contributed by atoms with Gasteiger partial charge in [0.2, 0.25) is 5.91 Å². The van der Waals surface area contributed by atoms with Crippen LogP contribution >= 0.6 is 24.8 Å². The Kier molecular flexibility index (Phi) is 13.3. The maximum Gasteiger partial charge on any atom is 0.338 e. The molecule has 1 amide bonds. The summed E-state index contributed by atoms with van der Waals surface area (Å²) < 4.78 is 16.4. The second-order valence-corrected chi connectivity index (χ2v) is 11.0. The number of piperazine rings is 1. The summed E-state index contributed by atoms with van der Waals surface area (Å²) in [4.78, 5) is 47.5. The van der Waals surface area contributed by atoms with Crippen LogP contribution in [0.15, 0.2) is 42.5 Å². The molecule has 0 aliphatic carbocycles. The Bertz CT molecular complexity index is 1400. The lowest BCUT2D eigenvalue weighted by Crippen LogP contribution is -2.51. The lowest BCUT2D eigenvalue weighted by Gasteiger charge is -2.35. The number of benzene rings is 2. The van der Waals surface area contributed by atoms with Gasteiger partial charge in [0.15, 0.2) is 0 Å². The van der Waals surface area contributed by atoms with Crippen molar-refractivity contribution in [3.8, 4) is 11.5 Å². The van der Waals surface area contributed by atoms with Gasteiger partial charge in [-0.2, -0.15) is 0 Å². The van der Waals surface area contributed by atoms with Gasteiger partial charge in [0.05, 0.1) is 25.6 Å². The highest BCUT2D eigenvalue weighted by Gasteiger charge is 2.23. The molecule has 2 aliphatic rings. The highest BCUT2D eigenvalue weighted by molar-refractivity contribution is 5.91. The van der Waals surface area contributed by atoms with Gasteiger partial charge < -0.3 is 24.1 Å². The Labute approximate surface area is 270 Å². The van der Waals surface area contributed by atoms with Crippen LogP contribution in [0, 0.1) is 6.92 Å². The molecule has 44 heavy (non-hydrogen) atoms. The van der Waals surface area contributed by atoms with Gasteiger partial charge in [0.1, 0.15) is 18.1 Å². The molecule has 10 nitrogen and oxygen atoms in total. The number of rotatable bonds is 10. The van der Waals surface area contributed by atoms with Crippen LogP contribution in [0.1, 0.15) is 40.9 Å². The van der Waals surface area contributed by atoms with Gasteiger partial charge >= 0.3 is 11.9 Å². The number of aromatic nitrogens is 1. The van der Waals surface area contributed by atoms with Crippen molar-refractivity contribution in [1.82, 2.24) is 19.7 Å². The van der Waals surface area contributed by atoms with Crippen LogP contribution in [0.3, 0.4) is 0 Å². The Morgan fingerprint density at radius 3 is 2.18 bits per heavy atom. The number of esters is 2. The van der Waals surface area contributed by atoms with Crippen LogP contribution in [0.4, 0.5) is 0 Å². The Morgan fingerprint density at radius 1 is 0.841 bits per heavy atom. The number of nitrogens with one attached hydrogen (secondary N) is 1. The fourth-order valence-corrected chi connectivity index (χ4v) is 5.64. The minimum absolute atomic E-state index is 0. The highest BCUT2D eigenvalue weighted by Crippen LogP contribution is 2.27. The zero-order valence-electron chi connectivity index (χ0n) is 25.3. The molecule has 2 saturated heterocycles. The highest BCUT2D eigenvalue weighted by atomic mass is 35.5. The van der Waals surface area contributed by atoms with Gasteiger partial charge in [-0.3, -0.25) is 19.4 Å². The van der Waals surface area contributed by atoms with Crippen molar-refractivity contribution in [3.05, 3.63) is 59.3 Å². The number of hydrogen-bond donors (Lipinski definition) is 1. The number of piperidine rings is 1. The number of aryl methyl sites for hydroxylation is 1. The predicted molar refractivity (Wildman–Crippen MR) is 173 cm³/mol. The lowest BCUT2D eigenvalue weighted by molar-refractivity contribution is -0.134. The third-order valence-electron chi connectivity index (χ3n) is 8.14. The molecule has 12 heteroatoms. The first kappa shape index (κ1) is 35.2. The van der Waals surface area contributed by atoms with E-state index >= 15 is 0 Å². The summed E-state index contributed by atoms with van der Waals surface area (Å²) >= 11 is 0. The van der Waals surface area contributed by atoms with E-state index in [-0.39, 0.29) is 43.7 Å². The number of halogens is 2. The molecule has 3 heterocycles. The minimum atomic E-state index is -0.415. The standard InChI is InChI=1S/C32H40N4O6.2ClH/c1-23-27(28-20-26(40-2)10-11-29(28)33-23)21-31(38)42-25-8-6-24(7-9-25)32(39)41-19-18-34-14-16-35(17-15-34)22-30(37)36-12-4-3-5-13-36;;/h6-11,20,33H,3-5,12-19,21-22H2,1-2H3;2*1H. The topological polar surface area (TPSA) is 104 Å². The molecule has 0 saturated carbocycles. The molecular formula is C32H42Cl2N4O6. The van der Waals surface area contributed by atoms with Gasteiger partial charge in [0, 0.05) is 62.4 Å². The average Bonchev–Trinajstić information content (AvgIpc) is 3.32. The first-order valence-electron chi connectivity index (χ1n) is 14.7. The maximum absolute atomic E-state index is 12.7. The molecule has 0 radical (unpaired) electrons. The van der Waals surface area contributed by atoms with Crippen LogP contribution in [0.5, 0.6) is 11.5 Å². The third-order valence-corrected chi connectivity index (χ3v) is 8.14. The number of hydrogen-bond acceptors (Lipinski definition) is 8. The summed E-state index contributed by atoms with van der Waals surface area (Å²) in [6, 6.07) is 12.1. The normalized spacial score (nSPS) is 15.6. The molecule has 240 valence electrons. The second-order valence-electron chi connectivity index (χ2n) is 11.0. The third kappa shape index (κ3) is 9.11. The molecule has 2 aromatic carbocycles. The number of carbonyl (C=O) groups excluding carboxylic acids is 3. The largest absolute Gasteiger partial charge is 0.497 e. The number of likely N-dealkylation sites (tertiary alicyclic amines) is 1. The molecule has 2 fully saturated rings. The fourth-order valence-electron chi connectivity index (χ4n) is 5.64. The number of amides is 1. The van der Waals surface area contributed by atoms with Crippen LogP contribution in [0.25, 0.3) is 10.9 Å². The van der Waals surface area contributed by atoms with E-state index in [4.69, 9.17) is 14.2 Å². The van der Waals surface area contributed by atoms with E-state index < -0.39 is 11.9 Å². The van der Waals surface area contributed by atoms with Crippen molar-refractivity contribution >= 4 is 53.6 Å². The molecule has 3 aromatic rings. The fraction of sp³-hybridized carbons (Fsp3) is 0.469. The Morgan fingerprint density at radius 2 is 1.50 bits per heavy atom. The SMILES string of the molecule is COc1ccc2[nH]c(C)c(CC(=O)Oc3ccc(C(=O)OCCN4CCN(CC(=O)N5CCCCC5)CC4)cc3)c2c1.Cl.Cl. The number of fused-ring (bicyclic) bond motifs is 1. The van der Waals surface area contributed by atoms with E-state index in [1.165, 1.54) is 6.42 Å². The van der Waals surface area contributed by atoms with Gasteiger partial charge in [-0.25, -0.2) is 4.79 Å². The van der Waals surface area contributed by atoms with Crippen molar-refractivity contribution in [3.63, 3.8) is 0 Å². The van der Waals surface area contributed by atoms with E-state index in [1.807, 2.05) is 30.0 Å². The molecule has 0 bridgehead atoms. The van der Waals surface area contributed by atoms with E-state index in [0.717, 1.165) is 80.0 Å². The van der Waals surface area contributed by atoms with Gasteiger partial charge in [0.25, 0.3) is 0 Å². The van der Waals surface area contributed by atoms with Gasteiger partial charge in [-0.05, 0) is 74.2 Å². The average molecular weight is 650 g/mol. The monoisotopic (exact) mass is 648 g/mol. The van der Waals surface area contributed by atoms with Crippen molar-refractivity contribution < 1.29 is 28.6 Å². The van der Waals surface area contributed by atoms with Crippen LogP contribution in [-0.4, -0.2) is 104 Å². The molecule has 5 rings (SSSR count). The molecular weight excluding hydrogens is 607 g/mol. The number of carbonyl (C=O) groups is 3. The van der Waals surface area contributed by atoms with Crippen molar-refractivity contribution in [1.29, 1.82) is 0 Å². The first-order valence-corrected chi connectivity index (χ1v) is 14.7. The molecule has 1 aromatic heterocycles. The van der Waals surface area contributed by atoms with E-state index in [9.17, 15) is 14.4 Å². The van der Waals surface area contributed by atoms with Crippen molar-refractivity contribution in [2.75, 3.05) is 66.1 Å². The predicted octanol–water partition coefficient (Wildman–Crippen LogP) is 4.26. The zero-order chi connectivity index (χ0) is 29.5.